The van der Waals surface area contributed by atoms with E-state index in [9.17, 15) is 14.4 Å². The van der Waals surface area contributed by atoms with Crippen LogP contribution in [0.25, 0.3) is 17.3 Å². The number of rotatable bonds is 11. The maximum Gasteiger partial charge on any atom is 0.272 e. The smallest absolute Gasteiger partial charge is 0.272 e. The summed E-state index contributed by atoms with van der Waals surface area (Å²) in [4.78, 5) is 45.7. The summed E-state index contributed by atoms with van der Waals surface area (Å²) in [6.45, 7) is 0. The Kier molecular flexibility index (Phi) is 12.3. The van der Waals surface area contributed by atoms with Gasteiger partial charge in [0.1, 0.15) is 10.9 Å². The lowest BCUT2D eigenvalue weighted by Gasteiger charge is -2.17. The predicted octanol–water partition coefficient (Wildman–Crippen LogP) is 11.3. The van der Waals surface area contributed by atoms with E-state index in [1.807, 2.05) is 35.7 Å². The van der Waals surface area contributed by atoms with Crippen molar-refractivity contribution in [3.63, 3.8) is 0 Å². The number of hydrogen-bond acceptors (Lipinski definition) is 6. The standard InChI is InChI=1S/C39H26Cl4N4O3S2/c40-26-12-11-25(31(42)20-26)19-33(45-36(48)24-9-5-2-6-10-24)37(49)44-28-14-16-29(17-15-28)52-35(23-7-3-1-4-8-23)38(50)47-39-46-34(22-51-39)30-18-13-27(41)21-32(30)43/h1-22,35H,(H,44,49)(H,45,48)(H,46,47,50)/b33-19-. The summed E-state index contributed by atoms with van der Waals surface area (Å²) >= 11 is 27.5. The van der Waals surface area contributed by atoms with Gasteiger partial charge in [0, 0.05) is 42.2 Å². The fourth-order valence-electron chi connectivity index (χ4n) is 4.89. The zero-order chi connectivity index (χ0) is 36.6. The number of hydrogen-bond donors (Lipinski definition) is 3. The van der Waals surface area contributed by atoms with E-state index in [1.54, 1.807) is 91.0 Å². The number of thiazole rings is 1. The first-order chi connectivity index (χ1) is 25.1. The van der Waals surface area contributed by atoms with Crippen LogP contribution >= 0.6 is 69.5 Å². The Labute approximate surface area is 328 Å². The lowest BCUT2D eigenvalue weighted by molar-refractivity contribution is -0.116. The van der Waals surface area contributed by atoms with E-state index in [-0.39, 0.29) is 11.6 Å². The van der Waals surface area contributed by atoms with Gasteiger partial charge in [0.05, 0.1) is 10.7 Å². The van der Waals surface area contributed by atoms with Crippen molar-refractivity contribution in [2.24, 2.45) is 0 Å². The van der Waals surface area contributed by atoms with Gasteiger partial charge in [0.25, 0.3) is 11.8 Å². The lowest BCUT2D eigenvalue weighted by Crippen LogP contribution is -2.30. The van der Waals surface area contributed by atoms with E-state index in [0.29, 0.717) is 53.3 Å². The number of amides is 3. The first-order valence-electron chi connectivity index (χ1n) is 15.5. The van der Waals surface area contributed by atoms with Crippen molar-refractivity contribution in [3.8, 4) is 11.3 Å². The third-order valence-corrected chi connectivity index (χ3v) is 10.6. The number of aromatic nitrogens is 1. The van der Waals surface area contributed by atoms with Crippen LogP contribution < -0.4 is 16.0 Å². The number of carbonyl (C=O) groups excluding carboxylic acids is 3. The van der Waals surface area contributed by atoms with Gasteiger partial charge in [0.2, 0.25) is 5.91 Å². The Hall–Kier alpha value is -4.61. The summed E-state index contributed by atoms with van der Waals surface area (Å²) in [6.07, 6.45) is 1.48. The molecule has 0 fully saturated rings. The molecule has 0 aliphatic rings. The summed E-state index contributed by atoms with van der Waals surface area (Å²) in [7, 11) is 0. The van der Waals surface area contributed by atoms with E-state index in [2.05, 4.69) is 20.9 Å². The van der Waals surface area contributed by atoms with E-state index in [1.165, 1.54) is 29.2 Å². The van der Waals surface area contributed by atoms with Crippen molar-refractivity contribution in [2.45, 2.75) is 10.1 Å². The van der Waals surface area contributed by atoms with Crippen molar-refractivity contribution >= 4 is 104 Å². The van der Waals surface area contributed by atoms with Gasteiger partial charge in [0.15, 0.2) is 5.13 Å². The van der Waals surface area contributed by atoms with E-state index in [0.717, 1.165) is 10.5 Å². The van der Waals surface area contributed by atoms with Gasteiger partial charge in [-0.3, -0.25) is 14.4 Å². The molecule has 3 amide bonds. The minimum absolute atomic E-state index is 0.0268. The summed E-state index contributed by atoms with van der Waals surface area (Å²) in [5, 5.41) is 11.8. The second-order valence-corrected chi connectivity index (χ2v) is 14.8. The molecule has 3 N–H and O–H groups in total. The topological polar surface area (TPSA) is 100 Å². The third kappa shape index (κ3) is 9.63. The minimum Gasteiger partial charge on any atom is -0.321 e. The summed E-state index contributed by atoms with van der Waals surface area (Å²) in [5.41, 5.74) is 3.43. The van der Waals surface area contributed by atoms with Gasteiger partial charge in [-0.2, -0.15) is 0 Å². The van der Waals surface area contributed by atoms with Gasteiger partial charge >= 0.3 is 0 Å². The number of halogens is 4. The second kappa shape index (κ2) is 17.3. The Morgan fingerprint density at radius 2 is 1.38 bits per heavy atom. The Morgan fingerprint density at radius 1 is 0.731 bits per heavy atom. The molecule has 0 saturated heterocycles. The fraction of sp³-hybridized carbons (Fsp3) is 0.0256. The van der Waals surface area contributed by atoms with Crippen LogP contribution in [0.4, 0.5) is 10.8 Å². The normalized spacial score (nSPS) is 11.8. The molecule has 1 unspecified atom stereocenters. The number of carbonyl (C=O) groups is 3. The SMILES string of the molecule is O=C(Nc1ccc(SC(C(=O)Nc2nc(-c3ccc(Cl)cc3Cl)cs2)c2ccccc2)cc1)/C(=C/c1ccc(Cl)cc1Cl)NC(=O)c1ccccc1. The Bertz CT molecular complexity index is 2270. The van der Waals surface area contributed by atoms with E-state index < -0.39 is 17.1 Å². The van der Waals surface area contributed by atoms with Crippen LogP contribution in [-0.2, 0) is 9.59 Å². The molecule has 0 saturated carbocycles. The van der Waals surface area contributed by atoms with Gasteiger partial charge in [-0.1, -0.05) is 101 Å². The zero-order valence-electron chi connectivity index (χ0n) is 26.8. The molecule has 0 radical (unpaired) electrons. The highest BCUT2D eigenvalue weighted by molar-refractivity contribution is 8.00. The molecular weight excluding hydrogens is 778 g/mol. The molecule has 52 heavy (non-hydrogen) atoms. The highest BCUT2D eigenvalue weighted by Crippen LogP contribution is 2.38. The van der Waals surface area contributed by atoms with Crippen molar-refractivity contribution in [1.82, 2.24) is 10.3 Å². The third-order valence-electron chi connectivity index (χ3n) is 7.44. The van der Waals surface area contributed by atoms with Crippen LogP contribution in [0, 0.1) is 0 Å². The van der Waals surface area contributed by atoms with Crippen LogP contribution in [0.3, 0.4) is 0 Å². The number of nitrogens with zero attached hydrogens (tertiary/aromatic N) is 1. The molecule has 1 atom stereocenters. The molecule has 0 aliphatic heterocycles. The summed E-state index contributed by atoms with van der Waals surface area (Å²) in [5.74, 6) is -1.30. The maximum absolute atomic E-state index is 13.7. The monoisotopic (exact) mass is 802 g/mol. The molecule has 0 spiro atoms. The molecule has 1 heterocycles. The predicted molar refractivity (Wildman–Crippen MR) is 215 cm³/mol. The molecular formula is C39H26Cl4N4O3S2. The molecule has 5 aromatic carbocycles. The largest absolute Gasteiger partial charge is 0.321 e. The van der Waals surface area contributed by atoms with Gasteiger partial charge in [-0.05, 0) is 83.9 Å². The van der Waals surface area contributed by atoms with Crippen LogP contribution in [0.5, 0.6) is 0 Å². The van der Waals surface area contributed by atoms with Crippen LogP contribution in [0.15, 0.2) is 137 Å². The molecule has 6 aromatic rings. The van der Waals surface area contributed by atoms with Crippen LogP contribution in [0.1, 0.15) is 26.7 Å². The van der Waals surface area contributed by atoms with Crippen molar-refractivity contribution in [2.75, 3.05) is 10.6 Å². The van der Waals surface area contributed by atoms with Crippen molar-refractivity contribution < 1.29 is 14.4 Å². The maximum atomic E-state index is 13.7. The van der Waals surface area contributed by atoms with Crippen molar-refractivity contribution in [3.05, 3.63) is 169 Å². The Morgan fingerprint density at radius 3 is 2.06 bits per heavy atom. The number of anilines is 2. The lowest BCUT2D eigenvalue weighted by atomic mass is 10.1. The van der Waals surface area contributed by atoms with Crippen LogP contribution in [0.2, 0.25) is 20.1 Å². The van der Waals surface area contributed by atoms with Crippen molar-refractivity contribution in [1.29, 1.82) is 0 Å². The molecule has 260 valence electrons. The van der Waals surface area contributed by atoms with Gasteiger partial charge in [-0.25, -0.2) is 4.98 Å². The average Bonchev–Trinajstić information content (AvgIpc) is 3.60. The Balaban J connectivity index is 1.18. The average molecular weight is 805 g/mol. The molecule has 0 aliphatic carbocycles. The molecule has 6 rings (SSSR count). The van der Waals surface area contributed by atoms with Gasteiger partial charge < -0.3 is 16.0 Å². The first kappa shape index (κ1) is 37.2. The van der Waals surface area contributed by atoms with Crippen LogP contribution in [-0.4, -0.2) is 22.7 Å². The zero-order valence-corrected chi connectivity index (χ0v) is 31.4. The fourth-order valence-corrected chi connectivity index (χ4v) is 7.60. The molecule has 0 bridgehead atoms. The molecule has 7 nitrogen and oxygen atoms in total. The summed E-state index contributed by atoms with van der Waals surface area (Å²) in [6, 6.07) is 35.0. The molecule has 1 aromatic heterocycles. The highest BCUT2D eigenvalue weighted by Gasteiger charge is 2.24. The number of benzene rings is 5. The quantitative estimate of drug-likeness (QED) is 0.0894. The van der Waals surface area contributed by atoms with E-state index in [4.69, 9.17) is 46.4 Å². The number of thioether (sulfide) groups is 1. The number of nitrogens with one attached hydrogen (secondary N) is 3. The van der Waals surface area contributed by atoms with Gasteiger partial charge in [-0.15, -0.1) is 23.1 Å². The highest BCUT2D eigenvalue weighted by atomic mass is 35.5. The molecule has 13 heteroatoms. The summed E-state index contributed by atoms with van der Waals surface area (Å²) < 4.78 is 0. The minimum atomic E-state index is -0.625. The van der Waals surface area contributed by atoms with E-state index >= 15 is 0 Å². The first-order valence-corrected chi connectivity index (χ1v) is 18.8. The second-order valence-electron chi connectivity index (χ2n) is 11.1.